The van der Waals surface area contributed by atoms with Gasteiger partial charge in [0.1, 0.15) is 24.4 Å². The molecule has 4 N–H and O–H groups in total. The first-order chi connectivity index (χ1) is 6.72. The average Bonchev–Trinajstić information content (AvgIpc) is 2.08. The van der Waals surface area contributed by atoms with E-state index in [0.717, 1.165) is 0 Å². The van der Waals surface area contributed by atoms with E-state index in [4.69, 9.17) is 15.3 Å². The van der Waals surface area contributed by atoms with Gasteiger partial charge in [0.15, 0.2) is 6.29 Å². The molecule has 0 aromatic heterocycles. The lowest BCUT2D eigenvalue weighted by atomic mass is 10.0. The van der Waals surface area contributed by atoms with E-state index >= 15 is 0 Å². The van der Waals surface area contributed by atoms with Crippen LogP contribution in [0.4, 0.5) is 0 Å². The summed E-state index contributed by atoms with van der Waals surface area (Å²) in [4.78, 5) is 0. The van der Waals surface area contributed by atoms with Crippen LogP contribution in [0.5, 0.6) is 0 Å². The Kier molecular flexibility index (Phi) is 3.66. The van der Waals surface area contributed by atoms with Gasteiger partial charge in [0.25, 0.3) is 0 Å². The van der Waals surface area contributed by atoms with Gasteiger partial charge in [0, 0.05) is 0 Å². The van der Waals surface area contributed by atoms with Gasteiger partial charge in [0.05, 0.1) is 15.9 Å². The summed E-state index contributed by atoms with van der Waals surface area (Å²) in [7, 11) is -4.66. The summed E-state index contributed by atoms with van der Waals surface area (Å²) in [5, 5.41) is 36.4. The summed E-state index contributed by atoms with van der Waals surface area (Å²) in [5.74, 6) is -1.09. The van der Waals surface area contributed by atoms with E-state index in [2.05, 4.69) is 4.74 Å². The topological polar surface area (TPSA) is 147 Å². The predicted octanol–water partition coefficient (Wildman–Crippen LogP) is -3.67. The van der Waals surface area contributed by atoms with Gasteiger partial charge in [-0.2, -0.15) is 0 Å². The van der Waals surface area contributed by atoms with Crippen LogP contribution in [-0.4, -0.2) is 69.9 Å². The summed E-state index contributed by atoms with van der Waals surface area (Å²) in [6, 6.07) is 0. The van der Waals surface area contributed by atoms with Crippen LogP contribution in [0.3, 0.4) is 0 Å². The first-order valence-corrected chi connectivity index (χ1v) is 5.61. The van der Waals surface area contributed by atoms with Crippen molar-refractivity contribution in [2.24, 2.45) is 0 Å². The summed E-state index contributed by atoms with van der Waals surface area (Å²) >= 11 is 0. The fraction of sp³-hybridized carbons (Fsp3) is 1.00. The Bertz CT molecular complexity index is 313. The van der Waals surface area contributed by atoms with Crippen LogP contribution in [0.1, 0.15) is 0 Å². The zero-order valence-corrected chi connectivity index (χ0v) is 8.24. The van der Waals surface area contributed by atoms with Gasteiger partial charge >= 0.3 is 0 Å². The second-order valence-corrected chi connectivity index (χ2v) is 4.71. The lowest BCUT2D eigenvalue weighted by molar-refractivity contribution is -0.276. The van der Waals surface area contributed by atoms with Crippen molar-refractivity contribution in [2.45, 2.75) is 30.7 Å². The average molecular weight is 243 g/mol. The zero-order chi connectivity index (χ0) is 11.8. The smallest absolute Gasteiger partial charge is 0.183 e. The zero-order valence-electron chi connectivity index (χ0n) is 7.42. The summed E-state index contributed by atoms with van der Waals surface area (Å²) in [6.07, 6.45) is -8.64. The molecule has 0 spiro atoms. The molecule has 1 aliphatic heterocycles. The molecule has 0 amide bonds. The highest BCUT2D eigenvalue weighted by Gasteiger charge is 2.43. The molecule has 0 aromatic carbocycles. The van der Waals surface area contributed by atoms with Crippen molar-refractivity contribution in [3.8, 4) is 0 Å². The number of aliphatic hydroxyl groups excluding tert-OH is 4. The van der Waals surface area contributed by atoms with E-state index in [0.29, 0.717) is 0 Å². The van der Waals surface area contributed by atoms with E-state index in [1.807, 2.05) is 0 Å². The standard InChI is InChI=1S/C6H12O8S/c7-3-2(1-15(11,12)13)14-6(10)5(9)4(3)8/h2-10H,1H2,(H,11,12,13)/p-1/t2-,3-,4+,5-,6?/m1/s1. The van der Waals surface area contributed by atoms with E-state index in [1.165, 1.54) is 0 Å². The van der Waals surface area contributed by atoms with Crippen LogP contribution >= 0.6 is 0 Å². The van der Waals surface area contributed by atoms with Gasteiger partial charge in [-0.25, -0.2) is 8.42 Å². The largest absolute Gasteiger partial charge is 0.748 e. The normalized spacial score (nSPS) is 42.9. The lowest BCUT2D eigenvalue weighted by Gasteiger charge is -2.38. The monoisotopic (exact) mass is 243 g/mol. The van der Waals surface area contributed by atoms with Crippen LogP contribution in [0.2, 0.25) is 0 Å². The van der Waals surface area contributed by atoms with Gasteiger partial charge in [-0.05, 0) is 0 Å². The summed E-state index contributed by atoms with van der Waals surface area (Å²) < 4.78 is 35.6. The molecular formula is C6H11O8S-. The third-order valence-electron chi connectivity index (χ3n) is 2.06. The van der Waals surface area contributed by atoms with Crippen molar-refractivity contribution in [1.82, 2.24) is 0 Å². The molecule has 1 unspecified atom stereocenters. The van der Waals surface area contributed by atoms with E-state index in [9.17, 15) is 18.1 Å². The molecule has 0 saturated carbocycles. The fourth-order valence-corrected chi connectivity index (χ4v) is 1.95. The fourth-order valence-electron chi connectivity index (χ4n) is 1.27. The SMILES string of the molecule is O=S(=O)([O-])C[C@H]1OC(O)[C@H](O)[C@@H](O)[C@@H]1O. The maximum Gasteiger partial charge on any atom is 0.183 e. The molecule has 1 heterocycles. The molecular weight excluding hydrogens is 232 g/mol. The summed E-state index contributed by atoms with van der Waals surface area (Å²) in [5.41, 5.74) is 0. The Labute approximate surface area is 85.5 Å². The van der Waals surface area contributed by atoms with Crippen LogP contribution in [0, 0.1) is 0 Å². The molecule has 0 aromatic rings. The van der Waals surface area contributed by atoms with E-state index in [1.54, 1.807) is 0 Å². The quantitative estimate of drug-likeness (QED) is 0.363. The van der Waals surface area contributed by atoms with Crippen LogP contribution < -0.4 is 0 Å². The molecule has 90 valence electrons. The predicted molar refractivity (Wildman–Crippen MR) is 43.5 cm³/mol. The van der Waals surface area contributed by atoms with Gasteiger partial charge in [-0.15, -0.1) is 0 Å². The van der Waals surface area contributed by atoms with E-state index in [-0.39, 0.29) is 0 Å². The molecule has 8 nitrogen and oxygen atoms in total. The lowest BCUT2D eigenvalue weighted by Crippen LogP contribution is -2.59. The molecule has 1 aliphatic rings. The van der Waals surface area contributed by atoms with Crippen molar-refractivity contribution < 1.29 is 38.1 Å². The summed E-state index contributed by atoms with van der Waals surface area (Å²) in [6.45, 7) is 0. The Morgan fingerprint density at radius 1 is 1.07 bits per heavy atom. The number of hydrogen-bond acceptors (Lipinski definition) is 8. The van der Waals surface area contributed by atoms with Crippen LogP contribution in [0.15, 0.2) is 0 Å². The Hall–Kier alpha value is -0.290. The molecule has 1 saturated heterocycles. The molecule has 0 aliphatic carbocycles. The van der Waals surface area contributed by atoms with Gasteiger partial charge in [0.2, 0.25) is 0 Å². The number of hydrogen-bond donors (Lipinski definition) is 4. The maximum absolute atomic E-state index is 10.4. The van der Waals surface area contributed by atoms with Gasteiger partial charge < -0.3 is 29.7 Å². The highest BCUT2D eigenvalue weighted by atomic mass is 32.2. The minimum absolute atomic E-state index is 1.09. The minimum Gasteiger partial charge on any atom is -0.748 e. The maximum atomic E-state index is 10.4. The van der Waals surface area contributed by atoms with Crippen molar-refractivity contribution in [3.05, 3.63) is 0 Å². The van der Waals surface area contributed by atoms with Crippen molar-refractivity contribution in [1.29, 1.82) is 0 Å². The van der Waals surface area contributed by atoms with Crippen molar-refractivity contribution in [3.63, 3.8) is 0 Å². The Morgan fingerprint density at radius 3 is 2.07 bits per heavy atom. The number of aliphatic hydroxyl groups is 4. The van der Waals surface area contributed by atoms with Crippen LogP contribution in [0.25, 0.3) is 0 Å². The first-order valence-electron chi connectivity index (χ1n) is 4.03. The van der Waals surface area contributed by atoms with Crippen LogP contribution in [-0.2, 0) is 14.9 Å². The second kappa shape index (κ2) is 4.29. The molecule has 15 heavy (non-hydrogen) atoms. The van der Waals surface area contributed by atoms with Gasteiger partial charge in [-0.1, -0.05) is 0 Å². The molecule has 0 radical (unpaired) electrons. The van der Waals surface area contributed by atoms with E-state index < -0.39 is 46.6 Å². The molecule has 9 heteroatoms. The third-order valence-corrected chi connectivity index (χ3v) is 2.79. The van der Waals surface area contributed by atoms with Gasteiger partial charge in [-0.3, -0.25) is 0 Å². The first kappa shape index (κ1) is 12.8. The number of ether oxygens (including phenoxy) is 1. The Balaban J connectivity index is 2.75. The highest BCUT2D eigenvalue weighted by molar-refractivity contribution is 7.85. The molecule has 5 atom stereocenters. The molecule has 0 bridgehead atoms. The highest BCUT2D eigenvalue weighted by Crippen LogP contribution is 2.20. The number of rotatable bonds is 2. The molecule has 1 rings (SSSR count). The Morgan fingerprint density at radius 2 is 1.60 bits per heavy atom. The molecule has 1 fully saturated rings. The van der Waals surface area contributed by atoms with Crippen molar-refractivity contribution >= 4 is 10.1 Å². The van der Waals surface area contributed by atoms with Crippen molar-refractivity contribution in [2.75, 3.05) is 5.75 Å². The second-order valence-electron chi connectivity index (χ2n) is 3.26. The minimum atomic E-state index is -4.66. The third kappa shape index (κ3) is 3.08.